The number of nitrogens with one attached hydrogen (secondary N) is 2. The van der Waals surface area contributed by atoms with Crippen LogP contribution in [0, 0.1) is 0 Å². The molecule has 6 nitrogen and oxygen atoms in total. The molecule has 1 fully saturated rings. The Morgan fingerprint density at radius 1 is 1.32 bits per heavy atom. The van der Waals surface area contributed by atoms with Gasteiger partial charge in [0.1, 0.15) is 0 Å². The molecular formula is C15H23N3O3S. The van der Waals surface area contributed by atoms with Gasteiger partial charge in [-0.15, -0.1) is 0 Å². The summed E-state index contributed by atoms with van der Waals surface area (Å²) in [6.07, 6.45) is 0. The maximum absolute atomic E-state index is 12.4. The van der Waals surface area contributed by atoms with Crippen molar-refractivity contribution in [2.45, 2.75) is 37.8 Å². The molecule has 2 rings (SSSR count). The number of piperazine rings is 1. The fourth-order valence-electron chi connectivity index (χ4n) is 2.45. The molecule has 1 unspecified atom stereocenters. The Hall–Kier alpha value is -1.44. The fourth-order valence-corrected chi connectivity index (χ4v) is 3.71. The van der Waals surface area contributed by atoms with E-state index in [2.05, 4.69) is 10.0 Å². The van der Waals surface area contributed by atoms with Crippen LogP contribution in [-0.4, -0.2) is 50.9 Å². The Bertz CT molecular complexity index is 626. The lowest BCUT2D eigenvalue weighted by atomic mass is 10.1. The van der Waals surface area contributed by atoms with Crippen LogP contribution >= 0.6 is 0 Å². The Balaban J connectivity index is 2.13. The number of amides is 1. The third-order valence-electron chi connectivity index (χ3n) is 3.46. The van der Waals surface area contributed by atoms with Crippen molar-refractivity contribution in [3.8, 4) is 0 Å². The van der Waals surface area contributed by atoms with E-state index in [-0.39, 0.29) is 22.9 Å². The average Bonchev–Trinajstić information content (AvgIpc) is 2.45. The second kappa shape index (κ2) is 6.76. The number of rotatable bonds is 4. The maximum Gasteiger partial charge on any atom is 0.253 e. The molecule has 0 aromatic heterocycles. The molecule has 1 heterocycles. The van der Waals surface area contributed by atoms with Crippen LogP contribution in [0.3, 0.4) is 0 Å². The van der Waals surface area contributed by atoms with Crippen molar-refractivity contribution >= 4 is 15.9 Å². The number of benzene rings is 1. The number of hydrogen-bond acceptors (Lipinski definition) is 4. The lowest BCUT2D eigenvalue weighted by molar-refractivity contribution is 0.0709. The first-order valence-electron chi connectivity index (χ1n) is 7.44. The van der Waals surface area contributed by atoms with Gasteiger partial charge >= 0.3 is 0 Å². The standard InChI is InChI=1S/C15H23N3O3S/c1-11(2)17-22(20,21)14-6-4-13(5-7-14)15(19)18-9-8-16-12(3)10-18/h4-7,11-12,16-17H,8-10H2,1-3H3. The van der Waals surface area contributed by atoms with E-state index in [4.69, 9.17) is 0 Å². The molecule has 7 heteroatoms. The molecule has 0 aliphatic carbocycles. The first-order valence-corrected chi connectivity index (χ1v) is 8.93. The number of nitrogens with zero attached hydrogens (tertiary/aromatic N) is 1. The number of carbonyl (C=O) groups is 1. The van der Waals surface area contributed by atoms with Crippen LogP contribution in [0.4, 0.5) is 0 Å². The highest BCUT2D eigenvalue weighted by Crippen LogP contribution is 2.13. The summed E-state index contributed by atoms with van der Waals surface area (Å²) < 4.78 is 26.6. The highest BCUT2D eigenvalue weighted by atomic mass is 32.2. The zero-order valence-corrected chi connectivity index (χ0v) is 14.0. The van der Waals surface area contributed by atoms with Gasteiger partial charge in [-0.3, -0.25) is 4.79 Å². The predicted molar refractivity (Wildman–Crippen MR) is 85.3 cm³/mol. The zero-order valence-electron chi connectivity index (χ0n) is 13.2. The van der Waals surface area contributed by atoms with E-state index >= 15 is 0 Å². The molecule has 1 aromatic carbocycles. The van der Waals surface area contributed by atoms with Gasteiger partial charge in [0.2, 0.25) is 10.0 Å². The molecule has 1 amide bonds. The van der Waals surface area contributed by atoms with E-state index in [0.717, 1.165) is 6.54 Å². The van der Waals surface area contributed by atoms with Gasteiger partial charge in [-0.2, -0.15) is 0 Å². The zero-order chi connectivity index (χ0) is 16.3. The van der Waals surface area contributed by atoms with Crippen molar-refractivity contribution in [1.29, 1.82) is 0 Å². The van der Waals surface area contributed by atoms with Crippen LogP contribution in [0.5, 0.6) is 0 Å². The van der Waals surface area contributed by atoms with Gasteiger partial charge in [0.05, 0.1) is 4.90 Å². The topological polar surface area (TPSA) is 78.5 Å². The second-order valence-corrected chi connectivity index (χ2v) is 7.62. The summed E-state index contributed by atoms with van der Waals surface area (Å²) in [6, 6.07) is 6.20. The SMILES string of the molecule is CC(C)NS(=O)(=O)c1ccc(C(=O)N2CCNC(C)C2)cc1. The molecule has 0 bridgehead atoms. The summed E-state index contributed by atoms with van der Waals surface area (Å²) in [5.74, 6) is -0.0610. The lowest BCUT2D eigenvalue weighted by Gasteiger charge is -2.32. The number of sulfonamides is 1. The van der Waals surface area contributed by atoms with Gasteiger partial charge in [-0.1, -0.05) is 0 Å². The van der Waals surface area contributed by atoms with E-state index in [1.807, 2.05) is 6.92 Å². The van der Waals surface area contributed by atoms with Crippen LogP contribution in [0.15, 0.2) is 29.2 Å². The molecule has 22 heavy (non-hydrogen) atoms. The first-order chi connectivity index (χ1) is 10.3. The van der Waals surface area contributed by atoms with Crippen LogP contribution in [-0.2, 0) is 10.0 Å². The summed E-state index contributed by atoms with van der Waals surface area (Å²) in [4.78, 5) is 14.4. The van der Waals surface area contributed by atoms with E-state index in [1.54, 1.807) is 30.9 Å². The van der Waals surface area contributed by atoms with Gasteiger partial charge in [-0.25, -0.2) is 13.1 Å². The minimum atomic E-state index is -3.52. The van der Waals surface area contributed by atoms with Gasteiger partial charge in [-0.05, 0) is 45.0 Å². The van der Waals surface area contributed by atoms with Gasteiger partial charge < -0.3 is 10.2 Å². The van der Waals surface area contributed by atoms with Crippen molar-refractivity contribution in [2.75, 3.05) is 19.6 Å². The van der Waals surface area contributed by atoms with Gasteiger partial charge in [0.15, 0.2) is 0 Å². The molecule has 1 saturated heterocycles. The Morgan fingerprint density at radius 3 is 2.50 bits per heavy atom. The van der Waals surface area contributed by atoms with E-state index in [9.17, 15) is 13.2 Å². The maximum atomic E-state index is 12.4. The van der Waals surface area contributed by atoms with Crippen LogP contribution in [0.1, 0.15) is 31.1 Å². The number of hydrogen-bond donors (Lipinski definition) is 2. The summed E-state index contributed by atoms with van der Waals surface area (Å²) in [6.45, 7) is 7.66. The monoisotopic (exact) mass is 325 g/mol. The highest BCUT2D eigenvalue weighted by molar-refractivity contribution is 7.89. The predicted octanol–water partition coefficient (Wildman–Crippen LogP) is 0.807. The van der Waals surface area contributed by atoms with E-state index in [0.29, 0.717) is 18.7 Å². The van der Waals surface area contributed by atoms with Crippen molar-refractivity contribution < 1.29 is 13.2 Å². The molecular weight excluding hydrogens is 302 g/mol. The summed E-state index contributed by atoms with van der Waals surface area (Å²) in [5.41, 5.74) is 0.512. The fraction of sp³-hybridized carbons (Fsp3) is 0.533. The van der Waals surface area contributed by atoms with Crippen LogP contribution < -0.4 is 10.0 Å². The summed E-state index contributed by atoms with van der Waals surface area (Å²) in [7, 11) is -3.52. The summed E-state index contributed by atoms with van der Waals surface area (Å²) in [5, 5.41) is 3.28. The Morgan fingerprint density at radius 2 is 1.95 bits per heavy atom. The third-order valence-corrected chi connectivity index (χ3v) is 5.13. The molecule has 1 aliphatic heterocycles. The molecule has 0 radical (unpaired) electrons. The normalized spacial score (nSPS) is 19.5. The minimum absolute atomic E-state index is 0.0610. The highest BCUT2D eigenvalue weighted by Gasteiger charge is 2.22. The quantitative estimate of drug-likeness (QED) is 0.858. The summed E-state index contributed by atoms with van der Waals surface area (Å²) >= 11 is 0. The van der Waals surface area contributed by atoms with Crippen molar-refractivity contribution in [2.24, 2.45) is 0 Å². The molecule has 0 saturated carbocycles. The van der Waals surface area contributed by atoms with Crippen molar-refractivity contribution in [3.63, 3.8) is 0 Å². The smallest absolute Gasteiger partial charge is 0.253 e. The van der Waals surface area contributed by atoms with Gasteiger partial charge in [0.25, 0.3) is 5.91 Å². The lowest BCUT2D eigenvalue weighted by Crippen LogP contribution is -2.51. The average molecular weight is 325 g/mol. The van der Waals surface area contributed by atoms with Crippen molar-refractivity contribution in [3.05, 3.63) is 29.8 Å². The minimum Gasteiger partial charge on any atom is -0.336 e. The van der Waals surface area contributed by atoms with Gasteiger partial charge in [0, 0.05) is 37.3 Å². The molecule has 0 spiro atoms. The molecule has 1 aliphatic rings. The molecule has 122 valence electrons. The molecule has 2 N–H and O–H groups in total. The van der Waals surface area contributed by atoms with E-state index < -0.39 is 10.0 Å². The largest absolute Gasteiger partial charge is 0.336 e. The van der Waals surface area contributed by atoms with Crippen LogP contribution in [0.2, 0.25) is 0 Å². The number of carbonyl (C=O) groups excluding carboxylic acids is 1. The second-order valence-electron chi connectivity index (χ2n) is 5.91. The van der Waals surface area contributed by atoms with E-state index in [1.165, 1.54) is 12.1 Å². The third kappa shape index (κ3) is 4.06. The Labute approximate surface area is 131 Å². The Kier molecular flexibility index (Phi) is 5.20. The molecule has 1 atom stereocenters. The molecule has 1 aromatic rings. The van der Waals surface area contributed by atoms with Crippen molar-refractivity contribution in [1.82, 2.24) is 14.9 Å². The first kappa shape index (κ1) is 16.9. The van der Waals surface area contributed by atoms with Crippen LogP contribution in [0.25, 0.3) is 0 Å².